The number of alkyl halides is 3. The molecule has 1 aromatic heterocycles. The van der Waals surface area contributed by atoms with Crippen LogP contribution in [-0.2, 0) is 12.7 Å². The minimum Gasteiger partial charge on any atom is -0.313 e. The Kier molecular flexibility index (Phi) is 4.58. The SMILES string of the molecule is CCNCc1ccc(-n2cc(Cl)c(C)n2)cc1C(F)(F)F. The van der Waals surface area contributed by atoms with Gasteiger partial charge in [-0.1, -0.05) is 24.6 Å². The third kappa shape index (κ3) is 3.57. The molecule has 0 spiro atoms. The highest BCUT2D eigenvalue weighted by atomic mass is 35.5. The number of nitrogens with zero attached hydrogens (tertiary/aromatic N) is 2. The van der Waals surface area contributed by atoms with Crippen molar-refractivity contribution in [1.82, 2.24) is 15.1 Å². The highest BCUT2D eigenvalue weighted by molar-refractivity contribution is 6.31. The topological polar surface area (TPSA) is 29.9 Å². The number of hydrogen-bond donors (Lipinski definition) is 1. The average molecular weight is 318 g/mol. The van der Waals surface area contributed by atoms with E-state index in [4.69, 9.17) is 11.6 Å². The van der Waals surface area contributed by atoms with Gasteiger partial charge in [-0.3, -0.25) is 0 Å². The predicted molar refractivity (Wildman–Crippen MR) is 75.7 cm³/mol. The number of aryl methyl sites for hydroxylation is 1. The molecule has 0 aliphatic rings. The van der Waals surface area contributed by atoms with Crippen LogP contribution in [0.5, 0.6) is 0 Å². The standard InChI is InChI=1S/C14H15ClF3N3/c1-3-19-7-10-4-5-11(6-12(10)14(16,17)18)21-8-13(15)9(2)20-21/h4-6,8,19H,3,7H2,1-2H3. The molecule has 0 aliphatic carbocycles. The van der Waals surface area contributed by atoms with Gasteiger partial charge in [-0.05, 0) is 31.2 Å². The smallest absolute Gasteiger partial charge is 0.313 e. The van der Waals surface area contributed by atoms with E-state index in [0.29, 0.717) is 22.9 Å². The second-order valence-electron chi connectivity index (χ2n) is 4.63. The summed E-state index contributed by atoms with van der Waals surface area (Å²) in [6.07, 6.45) is -2.91. The Morgan fingerprint density at radius 2 is 2.05 bits per heavy atom. The van der Waals surface area contributed by atoms with E-state index < -0.39 is 11.7 Å². The van der Waals surface area contributed by atoms with E-state index in [-0.39, 0.29) is 12.1 Å². The monoisotopic (exact) mass is 317 g/mol. The highest BCUT2D eigenvalue weighted by Gasteiger charge is 2.33. The summed E-state index contributed by atoms with van der Waals surface area (Å²) >= 11 is 5.89. The molecule has 0 saturated heterocycles. The van der Waals surface area contributed by atoms with Crippen molar-refractivity contribution >= 4 is 11.6 Å². The Morgan fingerprint density at radius 1 is 1.33 bits per heavy atom. The van der Waals surface area contributed by atoms with Crippen LogP contribution < -0.4 is 5.32 Å². The van der Waals surface area contributed by atoms with Gasteiger partial charge in [0.15, 0.2) is 0 Å². The Labute approximate surface area is 125 Å². The van der Waals surface area contributed by atoms with Crippen molar-refractivity contribution in [3.63, 3.8) is 0 Å². The van der Waals surface area contributed by atoms with Crippen molar-refractivity contribution in [3.8, 4) is 5.69 Å². The first kappa shape index (κ1) is 15.9. The summed E-state index contributed by atoms with van der Waals surface area (Å²) in [4.78, 5) is 0. The molecule has 0 saturated carbocycles. The number of aromatic nitrogens is 2. The Bertz CT molecular complexity index is 615. The minimum absolute atomic E-state index is 0.171. The van der Waals surface area contributed by atoms with Gasteiger partial charge in [-0.2, -0.15) is 18.3 Å². The van der Waals surface area contributed by atoms with Gasteiger partial charge < -0.3 is 5.32 Å². The zero-order chi connectivity index (χ0) is 15.6. The minimum atomic E-state index is -4.41. The van der Waals surface area contributed by atoms with Crippen LogP contribution in [0, 0.1) is 6.92 Å². The van der Waals surface area contributed by atoms with Crippen LogP contribution in [0.15, 0.2) is 24.4 Å². The molecule has 0 fully saturated rings. The van der Waals surface area contributed by atoms with E-state index in [1.54, 1.807) is 13.0 Å². The van der Waals surface area contributed by atoms with Gasteiger partial charge >= 0.3 is 6.18 Å². The summed E-state index contributed by atoms with van der Waals surface area (Å²) in [6, 6.07) is 4.16. The van der Waals surface area contributed by atoms with Crippen molar-refractivity contribution in [1.29, 1.82) is 0 Å². The van der Waals surface area contributed by atoms with Crippen LogP contribution in [0.1, 0.15) is 23.7 Å². The number of hydrogen-bond acceptors (Lipinski definition) is 2. The summed E-state index contributed by atoms with van der Waals surface area (Å²) in [6.45, 7) is 4.32. The Hall–Kier alpha value is -1.53. The van der Waals surface area contributed by atoms with Gasteiger partial charge in [0.05, 0.1) is 22.0 Å². The molecule has 2 rings (SSSR count). The fourth-order valence-electron chi connectivity index (χ4n) is 1.96. The second-order valence-corrected chi connectivity index (χ2v) is 5.03. The van der Waals surface area contributed by atoms with Crippen LogP contribution in [0.3, 0.4) is 0 Å². The van der Waals surface area contributed by atoms with Crippen molar-refractivity contribution in [3.05, 3.63) is 46.2 Å². The molecular formula is C14H15ClF3N3. The molecule has 3 nitrogen and oxygen atoms in total. The summed E-state index contributed by atoms with van der Waals surface area (Å²) in [7, 11) is 0. The van der Waals surface area contributed by atoms with Crippen molar-refractivity contribution < 1.29 is 13.2 Å². The van der Waals surface area contributed by atoms with Crippen LogP contribution in [0.4, 0.5) is 13.2 Å². The first-order valence-electron chi connectivity index (χ1n) is 6.46. The number of nitrogens with one attached hydrogen (secondary N) is 1. The molecule has 0 radical (unpaired) electrons. The van der Waals surface area contributed by atoms with Crippen LogP contribution in [0.2, 0.25) is 5.02 Å². The summed E-state index contributed by atoms with van der Waals surface area (Å²) < 4.78 is 40.9. The zero-order valence-corrected chi connectivity index (χ0v) is 12.4. The second kappa shape index (κ2) is 6.07. The fraction of sp³-hybridized carbons (Fsp3) is 0.357. The van der Waals surface area contributed by atoms with Gasteiger partial charge in [0.1, 0.15) is 0 Å². The Morgan fingerprint density at radius 3 is 2.57 bits per heavy atom. The van der Waals surface area contributed by atoms with Gasteiger partial charge in [-0.25, -0.2) is 4.68 Å². The third-order valence-electron chi connectivity index (χ3n) is 3.07. The molecule has 0 amide bonds. The summed E-state index contributed by atoms with van der Waals surface area (Å²) in [5.74, 6) is 0. The lowest BCUT2D eigenvalue weighted by Crippen LogP contribution is -2.17. The first-order valence-corrected chi connectivity index (χ1v) is 6.83. The van der Waals surface area contributed by atoms with Gasteiger partial charge in [0, 0.05) is 12.7 Å². The molecule has 0 aliphatic heterocycles. The molecular weight excluding hydrogens is 303 g/mol. The van der Waals surface area contributed by atoms with E-state index in [9.17, 15) is 13.2 Å². The zero-order valence-electron chi connectivity index (χ0n) is 11.6. The van der Waals surface area contributed by atoms with Crippen molar-refractivity contribution in [2.75, 3.05) is 6.54 Å². The van der Waals surface area contributed by atoms with Gasteiger partial charge in [0.2, 0.25) is 0 Å². The fourth-order valence-corrected chi connectivity index (χ4v) is 2.09. The molecule has 1 aromatic carbocycles. The maximum Gasteiger partial charge on any atom is 0.416 e. The van der Waals surface area contributed by atoms with E-state index in [0.717, 1.165) is 6.07 Å². The molecule has 1 heterocycles. The van der Waals surface area contributed by atoms with Crippen LogP contribution in [-0.4, -0.2) is 16.3 Å². The van der Waals surface area contributed by atoms with Crippen molar-refractivity contribution in [2.24, 2.45) is 0 Å². The summed E-state index contributed by atoms with van der Waals surface area (Å²) in [5, 5.41) is 7.42. The normalized spacial score (nSPS) is 11.9. The Balaban J connectivity index is 2.46. The van der Waals surface area contributed by atoms with Gasteiger partial charge in [-0.15, -0.1) is 0 Å². The number of benzene rings is 1. The highest BCUT2D eigenvalue weighted by Crippen LogP contribution is 2.33. The quantitative estimate of drug-likeness (QED) is 0.925. The third-order valence-corrected chi connectivity index (χ3v) is 3.44. The molecule has 114 valence electrons. The first-order chi connectivity index (χ1) is 9.82. The van der Waals surface area contributed by atoms with E-state index >= 15 is 0 Å². The van der Waals surface area contributed by atoms with Crippen LogP contribution in [0.25, 0.3) is 5.69 Å². The van der Waals surface area contributed by atoms with E-state index in [1.807, 2.05) is 6.92 Å². The van der Waals surface area contributed by atoms with Crippen LogP contribution >= 0.6 is 11.6 Å². The molecule has 2 aromatic rings. The molecule has 21 heavy (non-hydrogen) atoms. The molecule has 1 N–H and O–H groups in total. The van der Waals surface area contributed by atoms with Gasteiger partial charge in [0.25, 0.3) is 0 Å². The predicted octanol–water partition coefficient (Wildman–Crippen LogP) is 3.96. The maximum absolute atomic E-state index is 13.2. The lowest BCUT2D eigenvalue weighted by molar-refractivity contribution is -0.138. The molecule has 0 bridgehead atoms. The average Bonchev–Trinajstić information content (AvgIpc) is 2.75. The largest absolute Gasteiger partial charge is 0.416 e. The number of rotatable bonds is 4. The molecule has 0 unspecified atom stereocenters. The maximum atomic E-state index is 13.2. The molecule has 0 atom stereocenters. The molecule has 7 heteroatoms. The lowest BCUT2D eigenvalue weighted by atomic mass is 10.1. The van der Waals surface area contributed by atoms with E-state index in [1.165, 1.54) is 16.9 Å². The number of halogens is 4. The van der Waals surface area contributed by atoms with E-state index in [2.05, 4.69) is 10.4 Å². The van der Waals surface area contributed by atoms with Crippen molar-refractivity contribution in [2.45, 2.75) is 26.6 Å². The summed E-state index contributed by atoms with van der Waals surface area (Å²) in [5.41, 5.74) is 0.452. The lowest BCUT2D eigenvalue weighted by Gasteiger charge is -2.15.